The molecule has 0 unspecified atom stereocenters. The summed E-state index contributed by atoms with van der Waals surface area (Å²) in [6.07, 6.45) is 3.18. The molecule has 0 saturated heterocycles. The molecule has 0 spiro atoms. The first kappa shape index (κ1) is 14.0. The second-order valence-corrected chi connectivity index (χ2v) is 5.10. The highest BCUT2D eigenvalue weighted by Gasteiger charge is 2.19. The molecule has 1 radical (unpaired) electrons. The normalized spacial score (nSPS) is 11.9. The third-order valence-corrected chi connectivity index (χ3v) is 3.32. The predicted molar refractivity (Wildman–Crippen MR) is 76.4 cm³/mol. The van der Waals surface area contributed by atoms with Crippen LogP contribution in [0, 0.1) is 6.92 Å². The molecule has 0 atom stereocenters. The van der Waals surface area contributed by atoms with Crippen LogP contribution < -0.4 is 0 Å². The Balaban J connectivity index is 1.82. The summed E-state index contributed by atoms with van der Waals surface area (Å²) < 4.78 is 25.1. The van der Waals surface area contributed by atoms with Crippen LogP contribution in [0.3, 0.4) is 0 Å². The Kier molecular flexibility index (Phi) is 4.52. The van der Waals surface area contributed by atoms with E-state index >= 15 is 0 Å². The van der Waals surface area contributed by atoms with Crippen LogP contribution in [0.5, 0.6) is 0 Å². The van der Waals surface area contributed by atoms with Crippen molar-refractivity contribution in [3.05, 3.63) is 55.0 Å². The van der Waals surface area contributed by atoms with Gasteiger partial charge in [-0.25, -0.2) is 8.78 Å². The number of aryl methyl sites for hydroxylation is 1. The first-order chi connectivity index (χ1) is 9.04. The van der Waals surface area contributed by atoms with Gasteiger partial charge in [-0.2, -0.15) is 0 Å². The summed E-state index contributed by atoms with van der Waals surface area (Å²) >= 11 is 0. The lowest BCUT2D eigenvalue weighted by Crippen LogP contribution is -2.09. The van der Waals surface area contributed by atoms with E-state index in [1.165, 1.54) is 16.3 Å². The fourth-order valence-corrected chi connectivity index (χ4v) is 2.28. The Morgan fingerprint density at radius 1 is 0.895 bits per heavy atom. The molecule has 2 heteroatoms. The number of alkyl halides is 2. The summed E-state index contributed by atoms with van der Waals surface area (Å²) in [7, 11) is 0. The lowest BCUT2D eigenvalue weighted by Gasteiger charge is -2.09. The standard InChI is InChI=1S/C17H19F2/c1-17(18,19)12-6-2-3-7-14-10-11-15-8-4-5-9-16(15)13-14/h4-5,8-11,13H,1-3,6-7,12H2. The first-order valence-electron chi connectivity index (χ1n) is 6.75. The molecule has 0 heterocycles. The molecule has 0 aliphatic rings. The van der Waals surface area contributed by atoms with Crippen LogP contribution >= 0.6 is 0 Å². The number of hydrogen-bond donors (Lipinski definition) is 0. The van der Waals surface area contributed by atoms with Crippen molar-refractivity contribution < 1.29 is 8.78 Å². The monoisotopic (exact) mass is 261 g/mol. The number of unbranched alkanes of at least 4 members (excludes halogenated alkanes) is 2. The van der Waals surface area contributed by atoms with Gasteiger partial charge in [0, 0.05) is 13.3 Å². The Hall–Kier alpha value is -1.44. The lowest BCUT2D eigenvalue weighted by molar-refractivity contribution is 0.0395. The van der Waals surface area contributed by atoms with E-state index in [-0.39, 0.29) is 6.42 Å². The van der Waals surface area contributed by atoms with Crippen molar-refractivity contribution in [1.29, 1.82) is 0 Å². The second-order valence-electron chi connectivity index (χ2n) is 5.10. The van der Waals surface area contributed by atoms with E-state index in [0.29, 0.717) is 6.42 Å². The van der Waals surface area contributed by atoms with Gasteiger partial charge < -0.3 is 0 Å². The summed E-state index contributed by atoms with van der Waals surface area (Å²) in [4.78, 5) is 0. The average Bonchev–Trinajstić information content (AvgIpc) is 2.37. The predicted octanol–water partition coefficient (Wildman–Crippen LogP) is 5.41. The summed E-state index contributed by atoms with van der Waals surface area (Å²) in [5.41, 5.74) is 1.28. The fourth-order valence-electron chi connectivity index (χ4n) is 2.28. The molecule has 0 aliphatic carbocycles. The van der Waals surface area contributed by atoms with E-state index < -0.39 is 5.92 Å². The summed E-state index contributed by atoms with van der Waals surface area (Å²) in [6.45, 7) is 2.83. The molecule has 0 N–H and O–H groups in total. The van der Waals surface area contributed by atoms with Crippen LogP contribution in [-0.2, 0) is 6.42 Å². The molecule has 2 rings (SSSR count). The molecular weight excluding hydrogens is 242 g/mol. The SMILES string of the molecule is [CH2]C(F)(F)CCCCCc1ccc2ccccc2c1. The summed E-state index contributed by atoms with van der Waals surface area (Å²) in [5, 5.41) is 2.48. The Morgan fingerprint density at radius 2 is 1.63 bits per heavy atom. The van der Waals surface area contributed by atoms with Gasteiger partial charge in [-0.15, -0.1) is 0 Å². The fraction of sp³-hybridized carbons (Fsp3) is 0.353. The highest BCUT2D eigenvalue weighted by molar-refractivity contribution is 5.82. The van der Waals surface area contributed by atoms with Gasteiger partial charge >= 0.3 is 0 Å². The maximum atomic E-state index is 12.5. The number of halogens is 2. The van der Waals surface area contributed by atoms with Crippen LogP contribution in [0.1, 0.15) is 31.2 Å². The third-order valence-electron chi connectivity index (χ3n) is 3.32. The maximum Gasteiger partial charge on any atom is 0.248 e. The van der Waals surface area contributed by atoms with Crippen molar-refractivity contribution in [3.63, 3.8) is 0 Å². The van der Waals surface area contributed by atoms with Gasteiger partial charge in [0.05, 0.1) is 0 Å². The van der Waals surface area contributed by atoms with Crippen LogP contribution in [0.25, 0.3) is 10.8 Å². The molecule has 2 aromatic rings. The maximum absolute atomic E-state index is 12.5. The van der Waals surface area contributed by atoms with Crippen molar-refractivity contribution in [2.45, 2.75) is 38.0 Å². The minimum absolute atomic E-state index is 0.106. The van der Waals surface area contributed by atoms with E-state index in [0.717, 1.165) is 19.3 Å². The molecule has 101 valence electrons. The van der Waals surface area contributed by atoms with E-state index in [1.54, 1.807) is 0 Å². The van der Waals surface area contributed by atoms with Crippen molar-refractivity contribution in [2.24, 2.45) is 0 Å². The summed E-state index contributed by atoms with van der Waals surface area (Å²) in [5.74, 6) is -2.76. The van der Waals surface area contributed by atoms with Crippen LogP contribution in [0.2, 0.25) is 0 Å². The van der Waals surface area contributed by atoms with Gasteiger partial charge in [0.2, 0.25) is 5.92 Å². The lowest BCUT2D eigenvalue weighted by atomic mass is 10.0. The van der Waals surface area contributed by atoms with Crippen molar-refractivity contribution in [3.8, 4) is 0 Å². The number of fused-ring (bicyclic) bond motifs is 1. The second kappa shape index (κ2) is 6.14. The smallest absolute Gasteiger partial charge is 0.207 e. The molecule has 0 fully saturated rings. The van der Waals surface area contributed by atoms with Crippen LogP contribution in [0.4, 0.5) is 8.78 Å². The Bertz CT molecular complexity index is 526. The molecule has 0 saturated carbocycles. The molecule has 0 bridgehead atoms. The first-order valence-corrected chi connectivity index (χ1v) is 6.75. The Labute approximate surface area is 113 Å². The van der Waals surface area contributed by atoms with Gasteiger partial charge in [-0.1, -0.05) is 48.9 Å². The largest absolute Gasteiger partial charge is 0.248 e. The summed E-state index contributed by atoms with van der Waals surface area (Å²) in [6, 6.07) is 14.7. The van der Waals surface area contributed by atoms with Gasteiger partial charge in [-0.05, 0) is 35.6 Å². The highest BCUT2D eigenvalue weighted by atomic mass is 19.3. The molecule has 2 aromatic carbocycles. The molecule has 0 amide bonds. The third kappa shape index (κ3) is 4.62. The number of rotatable bonds is 6. The topological polar surface area (TPSA) is 0 Å². The molecule has 0 nitrogen and oxygen atoms in total. The van der Waals surface area contributed by atoms with E-state index in [1.807, 2.05) is 12.1 Å². The quantitative estimate of drug-likeness (QED) is 0.610. The van der Waals surface area contributed by atoms with Crippen LogP contribution in [0.15, 0.2) is 42.5 Å². The molecule has 0 aromatic heterocycles. The molecular formula is C17H19F2. The zero-order chi connectivity index (χ0) is 13.7. The zero-order valence-corrected chi connectivity index (χ0v) is 11.0. The van der Waals surface area contributed by atoms with Gasteiger partial charge in [0.1, 0.15) is 0 Å². The zero-order valence-electron chi connectivity index (χ0n) is 11.0. The molecule has 19 heavy (non-hydrogen) atoms. The highest BCUT2D eigenvalue weighted by Crippen LogP contribution is 2.21. The number of hydrogen-bond acceptors (Lipinski definition) is 0. The van der Waals surface area contributed by atoms with E-state index in [9.17, 15) is 8.78 Å². The van der Waals surface area contributed by atoms with E-state index in [2.05, 4.69) is 37.3 Å². The minimum atomic E-state index is -2.76. The van der Waals surface area contributed by atoms with E-state index in [4.69, 9.17) is 0 Å². The average molecular weight is 261 g/mol. The van der Waals surface area contributed by atoms with Gasteiger partial charge in [0.25, 0.3) is 0 Å². The van der Waals surface area contributed by atoms with Crippen LogP contribution in [-0.4, -0.2) is 5.92 Å². The number of benzene rings is 2. The Morgan fingerprint density at radius 3 is 2.37 bits per heavy atom. The van der Waals surface area contributed by atoms with Gasteiger partial charge in [-0.3, -0.25) is 0 Å². The molecule has 0 aliphatic heterocycles. The van der Waals surface area contributed by atoms with Gasteiger partial charge in [0.15, 0.2) is 0 Å². The minimum Gasteiger partial charge on any atom is -0.207 e. The van der Waals surface area contributed by atoms with Crippen molar-refractivity contribution in [1.82, 2.24) is 0 Å². The van der Waals surface area contributed by atoms with Crippen molar-refractivity contribution in [2.75, 3.05) is 0 Å². The van der Waals surface area contributed by atoms with Crippen molar-refractivity contribution >= 4 is 10.8 Å².